The van der Waals surface area contributed by atoms with E-state index in [4.69, 9.17) is 61.6 Å². The smallest absolute Gasteiger partial charge is 0.351 e. The predicted molar refractivity (Wildman–Crippen MR) is 368 cm³/mol. The largest absolute Gasteiger partial charge is 0.465 e. The number of rotatable bonds is 17. The van der Waals surface area contributed by atoms with Crippen molar-refractivity contribution in [2.75, 3.05) is 26.9 Å². The zero-order valence-corrected chi connectivity index (χ0v) is 66.5. The Morgan fingerprint density at radius 1 is 0.440 bits per heavy atom. The van der Waals surface area contributed by atoms with Gasteiger partial charge in [-0.3, -0.25) is 47.9 Å². The number of cyclic esters (lactones) is 7. The van der Waals surface area contributed by atoms with Crippen molar-refractivity contribution < 1.29 is 119 Å². The van der Waals surface area contributed by atoms with E-state index in [0.717, 1.165) is 12.8 Å². The lowest BCUT2D eigenvalue weighted by molar-refractivity contribution is -0.178. The number of esters is 12. The fourth-order valence-corrected chi connectivity index (χ4v) is 9.90. The molecule has 0 aliphatic carbocycles. The normalized spacial score (nSPS) is 26.3. The van der Waals surface area contributed by atoms with Gasteiger partial charge in [0.05, 0.1) is 70.4 Å². The molecular formula is C75H126O25. The van der Waals surface area contributed by atoms with Crippen LogP contribution in [0.3, 0.4) is 0 Å². The van der Waals surface area contributed by atoms with E-state index in [2.05, 4.69) is 0 Å². The van der Waals surface area contributed by atoms with Crippen molar-refractivity contribution in [2.45, 2.75) is 342 Å². The molecule has 25 nitrogen and oxygen atoms in total. The third-order valence-corrected chi connectivity index (χ3v) is 19.1. The molecule has 100 heavy (non-hydrogen) atoms. The summed E-state index contributed by atoms with van der Waals surface area (Å²) in [6.45, 7) is 56.2. The standard InChI is InChI=1S/C13H22O5.C13H22O4.2C12H20O4.C11H18O4.C8H14O2.C6H10O2/c1-6-12(2,3)11(15)17-9-7-10(14)18-13(9,4)8-16-5;1-7-11(2,3)9(14)17-13(6)8-12(4,5)16-10(13)15;1-6-11(2,3)10(14)15-8-7-12(4,5)16-9(8)13;1-6-11(2,3)10(14)15-8-7-9(13)16-12(8,4)5;1-5-10(2,3)9(13)15-11(4)6-8(12)14-7-11;1-7(2)5-8(3,4)10-6(7)9;1-6(2)3-4-8-5(6)7/h9H,6-8H2,1-5H3;7-8H2,1-6H3;2*8H,6-7H2,1-5H3;5-7H2,1-4H3;5H2,1-4H3;3-4H2,1-2H3. The monoisotopic (exact) mass is 1430 g/mol. The summed E-state index contributed by atoms with van der Waals surface area (Å²) >= 11 is 0. The summed E-state index contributed by atoms with van der Waals surface area (Å²) in [5, 5.41) is 0. The number of carbonyl (C=O) groups excluding carboxylic acids is 12. The lowest BCUT2D eigenvalue weighted by Crippen LogP contribution is -2.44. The van der Waals surface area contributed by atoms with Gasteiger partial charge in [0.1, 0.15) is 29.0 Å². The van der Waals surface area contributed by atoms with Gasteiger partial charge in [-0.25, -0.2) is 9.59 Å². The Bertz CT molecular complexity index is 2920. The van der Waals surface area contributed by atoms with Gasteiger partial charge < -0.3 is 61.6 Å². The molecule has 0 saturated carbocycles. The molecule has 0 spiro atoms. The van der Waals surface area contributed by atoms with Crippen LogP contribution < -0.4 is 0 Å². The van der Waals surface area contributed by atoms with Gasteiger partial charge in [0.15, 0.2) is 23.4 Å². The third-order valence-electron chi connectivity index (χ3n) is 19.1. The topological polar surface area (TPSA) is 325 Å². The minimum Gasteiger partial charge on any atom is -0.465 e. The molecule has 0 aromatic rings. The van der Waals surface area contributed by atoms with Crippen LogP contribution in [-0.4, -0.2) is 156 Å². The maximum atomic E-state index is 12.0. The van der Waals surface area contributed by atoms with Crippen LogP contribution in [0.2, 0.25) is 0 Å². The Labute approximate surface area is 595 Å². The summed E-state index contributed by atoms with van der Waals surface area (Å²) in [5.41, 5.74) is -8.04. The summed E-state index contributed by atoms with van der Waals surface area (Å²) in [6, 6.07) is 0. The van der Waals surface area contributed by atoms with Crippen LogP contribution in [0.15, 0.2) is 0 Å². The molecule has 0 aromatic carbocycles. The molecule has 7 aliphatic rings. The molecule has 0 N–H and O–H groups in total. The average molecular weight is 1430 g/mol. The third kappa shape index (κ3) is 27.1. The first-order valence-corrected chi connectivity index (χ1v) is 34.9. The summed E-state index contributed by atoms with van der Waals surface area (Å²) in [5.74, 6) is -3.54. The molecule has 7 aliphatic heterocycles. The molecule has 0 aromatic heterocycles. The van der Waals surface area contributed by atoms with Crippen molar-refractivity contribution in [2.24, 2.45) is 37.9 Å². The van der Waals surface area contributed by atoms with Gasteiger partial charge in [0, 0.05) is 26.4 Å². The maximum absolute atomic E-state index is 12.0. The van der Waals surface area contributed by atoms with Gasteiger partial charge in [-0.05, 0) is 212 Å². The van der Waals surface area contributed by atoms with Gasteiger partial charge in [0.25, 0.3) is 0 Å². The number of carbonyl (C=O) groups is 12. The maximum Gasteiger partial charge on any atom is 0.351 e. The molecular weight excluding hydrogens is 1300 g/mol. The minimum absolute atomic E-state index is 0.0579. The second-order valence-electron chi connectivity index (χ2n) is 34.6. The Morgan fingerprint density at radius 3 is 1.16 bits per heavy atom. The van der Waals surface area contributed by atoms with Crippen LogP contribution in [0.25, 0.3) is 0 Å². The summed E-state index contributed by atoms with van der Waals surface area (Å²) in [6.07, 6.45) is 4.53. The number of hydrogen-bond donors (Lipinski definition) is 0. The van der Waals surface area contributed by atoms with Crippen molar-refractivity contribution >= 4 is 71.6 Å². The van der Waals surface area contributed by atoms with Crippen LogP contribution in [0, 0.1) is 37.9 Å². The Hall–Kier alpha value is -6.40. The lowest BCUT2D eigenvalue weighted by Gasteiger charge is -2.30. The fraction of sp³-hybridized carbons (Fsp3) is 0.840. The second kappa shape index (κ2) is 34.3. The molecule has 576 valence electrons. The van der Waals surface area contributed by atoms with E-state index in [1.807, 2.05) is 159 Å². The fourth-order valence-electron chi connectivity index (χ4n) is 9.90. The first-order chi connectivity index (χ1) is 44.9. The van der Waals surface area contributed by atoms with Crippen LogP contribution in [0.1, 0.15) is 285 Å². The first kappa shape index (κ1) is 91.6. The van der Waals surface area contributed by atoms with E-state index in [-0.39, 0.29) is 109 Å². The minimum atomic E-state index is -1.15. The Morgan fingerprint density at radius 2 is 0.850 bits per heavy atom. The van der Waals surface area contributed by atoms with Crippen LogP contribution >= 0.6 is 0 Å². The highest BCUT2D eigenvalue weighted by Gasteiger charge is 2.55. The van der Waals surface area contributed by atoms with Gasteiger partial charge in [-0.15, -0.1) is 0 Å². The average Bonchev–Trinajstić information content (AvgIpc) is 1.64. The molecule has 7 rings (SSSR count). The number of methoxy groups -OCH3 is 1. The molecule has 7 heterocycles. The van der Waals surface area contributed by atoms with Gasteiger partial charge in [-0.2, -0.15) is 0 Å². The lowest BCUT2D eigenvalue weighted by atomic mass is 9.86. The highest BCUT2D eigenvalue weighted by molar-refractivity contribution is 5.87. The molecule has 6 atom stereocenters. The van der Waals surface area contributed by atoms with Gasteiger partial charge >= 0.3 is 71.6 Å². The Kier molecular flexibility index (Phi) is 31.4. The van der Waals surface area contributed by atoms with Crippen molar-refractivity contribution in [1.82, 2.24) is 0 Å². The number of ether oxygens (including phenoxy) is 13. The molecule has 7 fully saturated rings. The van der Waals surface area contributed by atoms with Crippen LogP contribution in [-0.2, 0) is 119 Å². The van der Waals surface area contributed by atoms with Crippen molar-refractivity contribution in [1.29, 1.82) is 0 Å². The van der Waals surface area contributed by atoms with E-state index in [9.17, 15) is 57.5 Å². The van der Waals surface area contributed by atoms with Gasteiger partial charge in [0.2, 0.25) is 11.7 Å². The Balaban J connectivity index is 0.000000590. The molecule has 7 saturated heterocycles. The number of hydrogen-bond acceptors (Lipinski definition) is 25. The van der Waals surface area contributed by atoms with Crippen molar-refractivity contribution in [3.8, 4) is 0 Å². The van der Waals surface area contributed by atoms with Crippen molar-refractivity contribution in [3.05, 3.63) is 0 Å². The summed E-state index contributed by atoms with van der Waals surface area (Å²) < 4.78 is 67.0. The highest BCUT2D eigenvalue weighted by atomic mass is 16.7. The van der Waals surface area contributed by atoms with Crippen LogP contribution in [0.4, 0.5) is 0 Å². The predicted octanol–water partition coefficient (Wildman–Crippen LogP) is 12.6. The van der Waals surface area contributed by atoms with E-state index in [0.29, 0.717) is 51.6 Å². The van der Waals surface area contributed by atoms with E-state index in [1.165, 1.54) is 7.11 Å². The van der Waals surface area contributed by atoms with Crippen molar-refractivity contribution in [3.63, 3.8) is 0 Å². The highest BCUT2D eigenvalue weighted by Crippen LogP contribution is 2.41. The first-order valence-electron chi connectivity index (χ1n) is 34.9. The summed E-state index contributed by atoms with van der Waals surface area (Å²) in [7, 11) is 1.52. The molecule has 0 bridgehead atoms. The van der Waals surface area contributed by atoms with E-state index >= 15 is 0 Å². The molecule has 25 heteroatoms. The molecule has 6 unspecified atom stereocenters. The zero-order valence-electron chi connectivity index (χ0n) is 66.5. The van der Waals surface area contributed by atoms with Crippen LogP contribution in [0.5, 0.6) is 0 Å². The van der Waals surface area contributed by atoms with Gasteiger partial charge in [-0.1, -0.05) is 34.6 Å². The van der Waals surface area contributed by atoms with E-state index < -0.39 is 90.9 Å². The molecule has 0 radical (unpaired) electrons. The molecule has 0 amide bonds. The summed E-state index contributed by atoms with van der Waals surface area (Å²) in [4.78, 5) is 138. The SMILES string of the molecule is CC1(C)CC(C)(C)C(=O)O1.CC1(C)CCOC1=O.CCC(C)(C)C(=O)OC1(C)CC(C)(C)OC1=O.CCC(C)(C)C(=O)OC1(C)COC(=O)C1.CCC(C)(C)C(=O)OC1CC(=O)OC1(C)C.CCC(C)(C)C(=O)OC1CC(=O)OC1(C)COC.CCC(C)(C)C(=O)OC1CC(C)(C)OC1=O. The zero-order chi connectivity index (χ0) is 78.5. The van der Waals surface area contributed by atoms with E-state index in [1.54, 1.807) is 48.5 Å². The quantitative estimate of drug-likeness (QED) is 0.0964. The second-order valence-corrected chi connectivity index (χ2v) is 34.6.